The molecule has 0 saturated carbocycles. The first-order chi connectivity index (χ1) is 9.64. The highest BCUT2D eigenvalue weighted by atomic mass is 16.2. The van der Waals surface area contributed by atoms with Gasteiger partial charge in [0.25, 0.3) is 5.91 Å². The highest BCUT2D eigenvalue weighted by molar-refractivity contribution is 6.07. The topological polar surface area (TPSA) is 79.3 Å². The monoisotopic (exact) mass is 277 g/mol. The highest BCUT2D eigenvalue weighted by Gasteiger charge is 2.51. The zero-order valence-electron chi connectivity index (χ0n) is 11.6. The summed E-state index contributed by atoms with van der Waals surface area (Å²) in [6.45, 7) is 4.46. The molecule has 3 amide bonds. The molecule has 3 rings (SSSR count). The number of piperidine rings is 1. The van der Waals surface area contributed by atoms with E-state index >= 15 is 0 Å². The number of rotatable bonds is 3. The van der Waals surface area contributed by atoms with E-state index < -0.39 is 5.54 Å². The molecule has 1 unspecified atom stereocenters. The van der Waals surface area contributed by atoms with Crippen LogP contribution in [-0.2, 0) is 17.9 Å². The lowest BCUT2D eigenvalue weighted by atomic mass is 9.90. The lowest BCUT2D eigenvalue weighted by Crippen LogP contribution is -2.57. The molecular formula is C13H19N5O2. The van der Waals surface area contributed by atoms with Crippen LogP contribution in [0.2, 0.25) is 0 Å². The number of hydrogen-bond donors (Lipinski definition) is 2. The van der Waals surface area contributed by atoms with Gasteiger partial charge in [-0.05, 0) is 26.3 Å². The molecule has 1 aromatic heterocycles. The molecule has 1 atom stereocenters. The molecule has 1 aromatic rings. The molecule has 2 aliphatic heterocycles. The van der Waals surface area contributed by atoms with Crippen LogP contribution in [0.4, 0.5) is 4.79 Å². The van der Waals surface area contributed by atoms with Gasteiger partial charge in [-0.25, -0.2) is 4.79 Å². The fourth-order valence-electron chi connectivity index (χ4n) is 2.86. The average Bonchev–Trinajstić information content (AvgIpc) is 3.00. The summed E-state index contributed by atoms with van der Waals surface area (Å²) >= 11 is 0. The summed E-state index contributed by atoms with van der Waals surface area (Å²) in [7, 11) is 0. The lowest BCUT2D eigenvalue weighted by molar-refractivity contribution is -0.132. The molecule has 0 aliphatic carbocycles. The molecule has 2 fully saturated rings. The Morgan fingerprint density at radius 2 is 2.30 bits per heavy atom. The number of nitrogens with zero attached hydrogens (tertiary/aromatic N) is 3. The number of hydrogen-bond acceptors (Lipinski definition) is 4. The maximum atomic E-state index is 12.5. The largest absolute Gasteiger partial charge is 0.325 e. The minimum Gasteiger partial charge on any atom is -0.322 e. The van der Waals surface area contributed by atoms with E-state index in [2.05, 4.69) is 15.7 Å². The summed E-state index contributed by atoms with van der Waals surface area (Å²) in [6.07, 6.45) is 5.17. The molecule has 0 aromatic carbocycles. The normalized spacial score (nSPS) is 26.4. The Labute approximate surface area is 117 Å². The number of carbonyl (C=O) groups excluding carboxylic acids is 2. The number of imide groups is 1. The average molecular weight is 277 g/mol. The van der Waals surface area contributed by atoms with Crippen LogP contribution in [0.25, 0.3) is 0 Å². The molecule has 3 heterocycles. The van der Waals surface area contributed by atoms with Crippen molar-refractivity contribution < 1.29 is 9.59 Å². The number of aromatic nitrogens is 2. The Morgan fingerprint density at radius 1 is 1.45 bits per heavy atom. The van der Waals surface area contributed by atoms with Gasteiger partial charge in [-0.3, -0.25) is 14.4 Å². The molecule has 2 aliphatic rings. The zero-order valence-corrected chi connectivity index (χ0v) is 11.6. The van der Waals surface area contributed by atoms with Gasteiger partial charge in [0.15, 0.2) is 0 Å². The SMILES string of the molecule is CCn1cc(CN2C(=O)NC3(CCCNC3)C2=O)cn1. The molecule has 0 radical (unpaired) electrons. The Morgan fingerprint density at radius 3 is 2.95 bits per heavy atom. The first-order valence-electron chi connectivity index (χ1n) is 7.01. The van der Waals surface area contributed by atoms with Crippen molar-refractivity contribution in [3.05, 3.63) is 18.0 Å². The predicted molar refractivity (Wildman–Crippen MR) is 71.8 cm³/mol. The summed E-state index contributed by atoms with van der Waals surface area (Å²) < 4.78 is 1.78. The van der Waals surface area contributed by atoms with Gasteiger partial charge in [0.1, 0.15) is 5.54 Å². The summed E-state index contributed by atoms with van der Waals surface area (Å²) in [6, 6.07) is -0.303. The molecule has 2 N–H and O–H groups in total. The minimum atomic E-state index is -0.740. The maximum absolute atomic E-state index is 12.5. The number of aryl methyl sites for hydroxylation is 1. The van der Waals surface area contributed by atoms with Crippen molar-refractivity contribution in [2.75, 3.05) is 13.1 Å². The van der Waals surface area contributed by atoms with Gasteiger partial charge in [0.05, 0.1) is 12.7 Å². The van der Waals surface area contributed by atoms with Crippen LogP contribution in [0, 0.1) is 0 Å². The highest BCUT2D eigenvalue weighted by Crippen LogP contribution is 2.26. The second-order valence-corrected chi connectivity index (χ2v) is 5.39. The van der Waals surface area contributed by atoms with Crippen molar-refractivity contribution in [2.45, 2.75) is 38.4 Å². The van der Waals surface area contributed by atoms with E-state index in [1.807, 2.05) is 13.1 Å². The fourth-order valence-corrected chi connectivity index (χ4v) is 2.86. The van der Waals surface area contributed by atoms with E-state index in [0.717, 1.165) is 25.1 Å². The maximum Gasteiger partial charge on any atom is 0.325 e. The van der Waals surface area contributed by atoms with E-state index in [9.17, 15) is 9.59 Å². The van der Waals surface area contributed by atoms with Gasteiger partial charge < -0.3 is 10.6 Å². The third-order valence-corrected chi connectivity index (χ3v) is 3.98. The smallest absolute Gasteiger partial charge is 0.322 e. The third kappa shape index (κ3) is 2.07. The van der Waals surface area contributed by atoms with Gasteiger partial charge in [0.2, 0.25) is 0 Å². The second kappa shape index (κ2) is 4.90. The number of amides is 3. The summed E-state index contributed by atoms with van der Waals surface area (Å²) in [5.74, 6) is -0.126. The van der Waals surface area contributed by atoms with Crippen molar-refractivity contribution in [3.8, 4) is 0 Å². The fraction of sp³-hybridized carbons (Fsp3) is 0.615. The number of urea groups is 1. The van der Waals surface area contributed by atoms with Crippen LogP contribution in [0.5, 0.6) is 0 Å². The van der Waals surface area contributed by atoms with E-state index in [0.29, 0.717) is 13.0 Å². The summed E-state index contributed by atoms with van der Waals surface area (Å²) in [5.41, 5.74) is 0.131. The van der Waals surface area contributed by atoms with Crippen LogP contribution in [0.3, 0.4) is 0 Å². The van der Waals surface area contributed by atoms with Gasteiger partial charge in [-0.15, -0.1) is 0 Å². The van der Waals surface area contributed by atoms with Crippen molar-refractivity contribution in [2.24, 2.45) is 0 Å². The van der Waals surface area contributed by atoms with E-state index in [1.54, 1.807) is 10.9 Å². The van der Waals surface area contributed by atoms with E-state index in [1.165, 1.54) is 4.90 Å². The quantitative estimate of drug-likeness (QED) is 0.767. The first-order valence-corrected chi connectivity index (χ1v) is 7.01. The van der Waals surface area contributed by atoms with Crippen LogP contribution in [0.15, 0.2) is 12.4 Å². The van der Waals surface area contributed by atoms with Crippen molar-refractivity contribution in [1.29, 1.82) is 0 Å². The van der Waals surface area contributed by atoms with Crippen LogP contribution < -0.4 is 10.6 Å². The molecular weight excluding hydrogens is 258 g/mol. The predicted octanol–water partition coefficient (Wildman–Crippen LogP) is 0.0770. The third-order valence-electron chi connectivity index (χ3n) is 3.98. The molecule has 108 valence electrons. The molecule has 2 saturated heterocycles. The number of carbonyl (C=O) groups is 2. The van der Waals surface area contributed by atoms with E-state index in [4.69, 9.17) is 0 Å². The van der Waals surface area contributed by atoms with Crippen molar-refractivity contribution in [3.63, 3.8) is 0 Å². The van der Waals surface area contributed by atoms with Crippen molar-refractivity contribution >= 4 is 11.9 Å². The van der Waals surface area contributed by atoms with Crippen LogP contribution >= 0.6 is 0 Å². The summed E-state index contributed by atoms with van der Waals surface area (Å²) in [5, 5.41) is 10.2. The second-order valence-electron chi connectivity index (χ2n) is 5.39. The molecule has 1 spiro atoms. The minimum absolute atomic E-state index is 0.126. The Hall–Kier alpha value is -1.89. The molecule has 7 nitrogen and oxygen atoms in total. The lowest BCUT2D eigenvalue weighted by Gasteiger charge is -2.31. The van der Waals surface area contributed by atoms with Crippen molar-refractivity contribution in [1.82, 2.24) is 25.3 Å². The van der Waals surface area contributed by atoms with Gasteiger partial charge in [-0.1, -0.05) is 0 Å². The molecule has 20 heavy (non-hydrogen) atoms. The Balaban J connectivity index is 1.76. The Kier molecular flexibility index (Phi) is 3.21. The van der Waals surface area contributed by atoms with E-state index in [-0.39, 0.29) is 18.5 Å². The van der Waals surface area contributed by atoms with Crippen LogP contribution in [0.1, 0.15) is 25.3 Å². The summed E-state index contributed by atoms with van der Waals surface area (Å²) in [4.78, 5) is 25.9. The van der Waals surface area contributed by atoms with Crippen LogP contribution in [-0.4, -0.2) is 45.2 Å². The zero-order chi connectivity index (χ0) is 14.2. The Bertz CT molecular complexity index is 533. The van der Waals surface area contributed by atoms with Gasteiger partial charge in [0, 0.05) is 24.8 Å². The molecule has 7 heteroatoms. The standard InChI is InChI=1S/C13H19N5O2/c1-2-17-7-10(6-15-17)8-18-11(19)13(16-12(18)20)4-3-5-14-9-13/h6-7,14H,2-5,8-9H2,1H3,(H,16,20). The number of nitrogens with one attached hydrogen (secondary N) is 2. The van der Waals surface area contributed by atoms with Gasteiger partial charge >= 0.3 is 6.03 Å². The first kappa shape index (κ1) is 13.1. The molecule has 0 bridgehead atoms. The van der Waals surface area contributed by atoms with Gasteiger partial charge in [-0.2, -0.15) is 5.10 Å².